The van der Waals surface area contributed by atoms with Crippen molar-refractivity contribution in [2.75, 3.05) is 25.6 Å². The molecule has 0 spiro atoms. The molecule has 5 rings (SSSR count). The van der Waals surface area contributed by atoms with E-state index >= 15 is 0 Å². The Kier molecular flexibility index (Phi) is 12.6. The number of aromatic amines is 1. The molecule has 3 fully saturated rings. The Hall–Kier alpha value is -2.51. The lowest BCUT2D eigenvalue weighted by molar-refractivity contribution is -0.0592. The number of aromatic nitrogens is 4. The minimum absolute atomic E-state index is 0.117. The fourth-order valence-corrected chi connectivity index (χ4v) is 8.14. The number of aliphatic hydroxyl groups is 1. The van der Waals surface area contributed by atoms with Crippen LogP contribution in [0, 0.1) is 6.92 Å². The van der Waals surface area contributed by atoms with Crippen LogP contribution in [0.4, 0.5) is 5.82 Å². The van der Waals surface area contributed by atoms with Gasteiger partial charge in [0.1, 0.15) is 61.1 Å². The molecule has 0 saturated carbocycles. The van der Waals surface area contributed by atoms with E-state index in [1.807, 2.05) is 0 Å². The number of phosphoric ester groups is 3. The van der Waals surface area contributed by atoms with Crippen molar-refractivity contribution >= 4 is 29.3 Å². The molecule has 28 heteroatoms. The number of phosphoric acid groups is 3. The molecular formula is C24H37N6O19P3. The SMILES string of the molecule is Cc1cn([C@H]2C[C@H](OP(=O)(O)OC[C@H]3O[C@@H](n4ccc(N)nc4=O)C[C@@H]3OP(=O)(O)OC[C@H]3O[C@@H](N)C[C@@H]3OP(=O)(O)O)[C@@H](CO)O2)c(=O)[nH]c1=O. The maximum absolute atomic E-state index is 13.1. The lowest BCUT2D eigenvalue weighted by Gasteiger charge is -2.24. The van der Waals surface area contributed by atoms with Crippen LogP contribution in [0.5, 0.6) is 0 Å². The minimum atomic E-state index is -5.10. The van der Waals surface area contributed by atoms with Crippen LogP contribution in [0.1, 0.15) is 37.3 Å². The van der Waals surface area contributed by atoms with Crippen LogP contribution in [0.15, 0.2) is 32.8 Å². The number of nitrogens with two attached hydrogens (primary N) is 2. The molecule has 292 valence electrons. The first kappa shape index (κ1) is 40.7. The van der Waals surface area contributed by atoms with Crippen molar-refractivity contribution in [3.63, 3.8) is 0 Å². The highest BCUT2D eigenvalue weighted by Crippen LogP contribution is 2.52. The third kappa shape index (κ3) is 10.4. The number of aryl methyl sites for hydroxylation is 1. The number of hydrogen-bond acceptors (Lipinski definition) is 18. The van der Waals surface area contributed by atoms with Gasteiger partial charge in [-0.1, -0.05) is 0 Å². The Morgan fingerprint density at radius 2 is 1.40 bits per heavy atom. The van der Waals surface area contributed by atoms with Gasteiger partial charge in [0, 0.05) is 37.2 Å². The molecule has 3 aliphatic heterocycles. The predicted molar refractivity (Wildman–Crippen MR) is 169 cm³/mol. The van der Waals surface area contributed by atoms with Gasteiger partial charge in [0.25, 0.3) is 5.56 Å². The number of hydrogen-bond donors (Lipinski definition) is 8. The van der Waals surface area contributed by atoms with E-state index in [-0.39, 0.29) is 30.6 Å². The van der Waals surface area contributed by atoms with Gasteiger partial charge >= 0.3 is 34.8 Å². The quantitative estimate of drug-likeness (QED) is 0.0886. The Balaban J connectivity index is 1.27. The molecule has 0 radical (unpaired) electrons. The Morgan fingerprint density at radius 3 is 1.98 bits per heavy atom. The predicted octanol–water partition coefficient (Wildman–Crippen LogP) is -2.19. The molecule has 2 aromatic heterocycles. The molecule has 0 bridgehead atoms. The van der Waals surface area contributed by atoms with Gasteiger partial charge in [0.15, 0.2) is 0 Å². The van der Waals surface area contributed by atoms with Crippen molar-refractivity contribution in [1.29, 1.82) is 0 Å². The number of nitrogens with zero attached hydrogens (tertiary/aromatic N) is 3. The topological polar surface area (TPSA) is 368 Å². The fraction of sp³-hybridized carbons (Fsp3) is 0.667. The number of ether oxygens (including phenoxy) is 3. The van der Waals surface area contributed by atoms with E-state index < -0.39 is 116 Å². The zero-order valence-corrected chi connectivity index (χ0v) is 29.6. The average molecular weight is 807 g/mol. The summed E-state index contributed by atoms with van der Waals surface area (Å²) in [7, 11) is -15.2. The Bertz CT molecular complexity index is 1920. The lowest BCUT2D eigenvalue weighted by atomic mass is 10.2. The van der Waals surface area contributed by atoms with E-state index in [0.29, 0.717) is 0 Å². The number of nitrogens with one attached hydrogen (secondary N) is 1. The number of anilines is 1. The van der Waals surface area contributed by atoms with Crippen LogP contribution in [0.3, 0.4) is 0 Å². The van der Waals surface area contributed by atoms with Gasteiger partial charge in [0.05, 0.1) is 19.8 Å². The summed E-state index contributed by atoms with van der Waals surface area (Å²) < 4.78 is 81.4. The normalized spacial score (nSPS) is 31.8. The highest BCUT2D eigenvalue weighted by atomic mass is 31.2. The molecule has 3 aliphatic rings. The first-order chi connectivity index (χ1) is 24.2. The van der Waals surface area contributed by atoms with Crippen molar-refractivity contribution < 1.29 is 75.2 Å². The molecule has 0 aromatic carbocycles. The first-order valence-electron chi connectivity index (χ1n) is 15.3. The molecular weight excluding hydrogens is 769 g/mol. The van der Waals surface area contributed by atoms with E-state index in [9.17, 15) is 43.0 Å². The average Bonchev–Trinajstić information content (AvgIpc) is 3.71. The zero-order chi connectivity index (χ0) is 38.2. The first-order valence-corrected chi connectivity index (χ1v) is 19.8. The lowest BCUT2D eigenvalue weighted by Crippen LogP contribution is -2.33. The highest BCUT2D eigenvalue weighted by Gasteiger charge is 2.46. The summed E-state index contributed by atoms with van der Waals surface area (Å²) >= 11 is 0. The number of aliphatic hydroxyl groups excluding tert-OH is 1. The third-order valence-corrected chi connectivity index (χ3v) is 10.6. The van der Waals surface area contributed by atoms with Crippen molar-refractivity contribution in [3.8, 4) is 0 Å². The summed E-state index contributed by atoms with van der Waals surface area (Å²) in [6.07, 6.45) is -9.84. The molecule has 52 heavy (non-hydrogen) atoms. The summed E-state index contributed by atoms with van der Waals surface area (Å²) in [6, 6.07) is 1.26. The monoisotopic (exact) mass is 806 g/mol. The largest absolute Gasteiger partial charge is 0.472 e. The van der Waals surface area contributed by atoms with Crippen LogP contribution in [-0.2, 0) is 50.5 Å². The number of nitrogen functional groups attached to an aromatic ring is 1. The highest BCUT2D eigenvalue weighted by molar-refractivity contribution is 7.47. The standard InChI is InChI=1S/C24H37N6O19P3/c1-11-7-30(24(34)28-22(11)32)21-5-13(15(8-31)45-21)48-51(38,39)43-10-17-14(6-20(46-17)29-3-2-18(25)27-23(29)33)49-52(40,41)42-9-16-12(4-19(26)44-16)47-50(35,36)37/h2-3,7,12-17,19-21,31H,4-6,8-10,26H2,1H3,(H,38,39)(H,40,41)(H2,25,27,33)(H,28,32,34)(H2,35,36,37)/t12-,13-,14-,15+,16+,17+,19+,20+,21+/m0/s1. The van der Waals surface area contributed by atoms with Crippen LogP contribution in [0.2, 0.25) is 0 Å². The molecule has 10 N–H and O–H groups in total. The van der Waals surface area contributed by atoms with E-state index in [0.717, 1.165) is 9.13 Å². The van der Waals surface area contributed by atoms with Crippen molar-refractivity contribution in [1.82, 2.24) is 19.1 Å². The third-order valence-electron chi connectivity index (χ3n) is 8.00. The van der Waals surface area contributed by atoms with Gasteiger partial charge < -0.3 is 50.4 Å². The summed E-state index contributed by atoms with van der Waals surface area (Å²) in [4.78, 5) is 81.8. The Morgan fingerprint density at radius 1 is 0.865 bits per heavy atom. The molecule has 11 atom stereocenters. The van der Waals surface area contributed by atoms with Crippen LogP contribution in [0.25, 0.3) is 0 Å². The van der Waals surface area contributed by atoms with E-state index in [1.165, 1.54) is 25.4 Å². The maximum atomic E-state index is 13.1. The minimum Gasteiger partial charge on any atom is -0.394 e. The molecule has 0 amide bonds. The van der Waals surface area contributed by atoms with Crippen LogP contribution in [-0.4, -0.2) is 106 Å². The second-order valence-electron chi connectivity index (χ2n) is 11.8. The van der Waals surface area contributed by atoms with E-state index in [2.05, 4.69) is 14.5 Å². The molecule has 2 unspecified atom stereocenters. The summed E-state index contributed by atoms with van der Waals surface area (Å²) in [5.41, 5.74) is 9.03. The Labute approximate surface area is 291 Å². The van der Waals surface area contributed by atoms with Gasteiger partial charge in [-0.25, -0.2) is 23.3 Å². The number of rotatable bonds is 15. The fourth-order valence-electron chi connectivity index (χ4n) is 5.64. The number of H-pyrrole nitrogens is 1. The molecule has 5 heterocycles. The summed E-state index contributed by atoms with van der Waals surface area (Å²) in [5.74, 6) is -0.117. The van der Waals surface area contributed by atoms with Gasteiger partial charge in [-0.05, 0) is 13.0 Å². The molecule has 3 saturated heterocycles. The van der Waals surface area contributed by atoms with Crippen molar-refractivity contribution in [2.24, 2.45) is 5.73 Å². The van der Waals surface area contributed by atoms with Gasteiger partial charge in [-0.15, -0.1) is 0 Å². The van der Waals surface area contributed by atoms with E-state index in [4.69, 9.17) is 53.6 Å². The molecule has 2 aromatic rings. The summed E-state index contributed by atoms with van der Waals surface area (Å²) in [6.45, 7) is -0.912. The second kappa shape index (κ2) is 16.1. The van der Waals surface area contributed by atoms with Gasteiger partial charge in [-0.3, -0.25) is 41.5 Å². The maximum Gasteiger partial charge on any atom is 0.472 e. The van der Waals surface area contributed by atoms with E-state index in [1.54, 1.807) is 0 Å². The van der Waals surface area contributed by atoms with Crippen LogP contribution >= 0.6 is 23.5 Å². The smallest absolute Gasteiger partial charge is 0.394 e. The van der Waals surface area contributed by atoms with Crippen molar-refractivity contribution in [3.05, 3.63) is 55.3 Å². The zero-order valence-electron chi connectivity index (χ0n) is 27.0. The molecule has 0 aliphatic carbocycles. The van der Waals surface area contributed by atoms with Crippen molar-refractivity contribution in [2.45, 2.75) is 81.5 Å². The molecule has 25 nitrogen and oxygen atoms in total. The van der Waals surface area contributed by atoms with Gasteiger partial charge in [0.2, 0.25) is 0 Å². The van der Waals surface area contributed by atoms with Gasteiger partial charge in [-0.2, -0.15) is 4.98 Å². The second-order valence-corrected chi connectivity index (χ2v) is 15.8. The summed E-state index contributed by atoms with van der Waals surface area (Å²) in [5, 5.41) is 9.82. The van der Waals surface area contributed by atoms with Crippen LogP contribution < -0.4 is 28.4 Å².